The summed E-state index contributed by atoms with van der Waals surface area (Å²) in [5.74, 6) is 1.95. The highest BCUT2D eigenvalue weighted by Crippen LogP contribution is 2.28. The van der Waals surface area contributed by atoms with E-state index in [1.165, 1.54) is 0 Å². The summed E-state index contributed by atoms with van der Waals surface area (Å²) in [4.78, 5) is 18.7. The smallest absolute Gasteiger partial charge is 0.221 e. The number of hydrogen-bond donors (Lipinski definition) is 2. The van der Waals surface area contributed by atoms with Gasteiger partial charge in [-0.3, -0.25) is 19.7 Å². The van der Waals surface area contributed by atoms with E-state index in [1.807, 2.05) is 118 Å². The van der Waals surface area contributed by atoms with E-state index >= 15 is 0 Å². The summed E-state index contributed by atoms with van der Waals surface area (Å²) < 4.78 is 4.00. The van der Waals surface area contributed by atoms with Crippen molar-refractivity contribution in [2.45, 2.75) is 0 Å². The Morgan fingerprint density at radius 1 is 0.568 bits per heavy atom. The van der Waals surface area contributed by atoms with Crippen LogP contribution in [0, 0.1) is 0 Å². The second-order valence-corrected chi connectivity index (χ2v) is 9.27. The quantitative estimate of drug-likeness (QED) is 0.142. The number of fused-ring (bicyclic) bond motifs is 3. The van der Waals surface area contributed by atoms with E-state index in [1.54, 1.807) is 24.8 Å². The van der Waals surface area contributed by atoms with E-state index in [0.29, 0.717) is 17.4 Å². The number of aromatic nitrogens is 6. The molecule has 12 heteroatoms. The fourth-order valence-corrected chi connectivity index (χ4v) is 4.69. The average molecular weight is 622 g/mol. The van der Waals surface area contributed by atoms with Crippen LogP contribution in [-0.4, -0.2) is 41.2 Å². The number of nitrogens with one attached hydrogen (secondary N) is 2. The van der Waals surface area contributed by atoms with Crippen molar-refractivity contribution in [1.82, 2.24) is 28.7 Å². The third-order valence-electron chi connectivity index (χ3n) is 6.60. The molecular weight excluding hydrogens is 595 g/mol. The van der Waals surface area contributed by atoms with Gasteiger partial charge in [0.15, 0.2) is 0 Å². The molecule has 7 aromatic rings. The number of pyridine rings is 2. The minimum Gasteiger partial charge on any atom is -0.283 e. The Balaban J connectivity index is 0.00000192. The SMILES string of the molecule is C(=N\Nc1ccccn1)/c1c(-c2ccccc2)nc2n1ccc1nc(-c3ccccc3)c(/C=N/Nc3ccccn3)n12.Cl.Cl. The molecule has 0 amide bonds. The van der Waals surface area contributed by atoms with Gasteiger partial charge < -0.3 is 0 Å². The molecule has 0 radical (unpaired) electrons. The molecule has 0 saturated carbocycles. The molecule has 0 aliphatic carbocycles. The molecule has 0 aliphatic heterocycles. The molecular formula is C32H26Cl2N10. The number of anilines is 2. The second kappa shape index (κ2) is 13.6. The Labute approximate surface area is 265 Å². The van der Waals surface area contributed by atoms with Crippen LogP contribution in [0.4, 0.5) is 11.6 Å². The van der Waals surface area contributed by atoms with Crippen LogP contribution in [0.15, 0.2) is 132 Å². The summed E-state index contributed by atoms with van der Waals surface area (Å²) in [5.41, 5.74) is 11.8. The third-order valence-corrected chi connectivity index (χ3v) is 6.60. The maximum Gasteiger partial charge on any atom is 0.221 e. The maximum absolute atomic E-state index is 5.13. The number of rotatable bonds is 8. The van der Waals surface area contributed by atoms with Crippen LogP contribution in [0.25, 0.3) is 33.9 Å². The summed E-state index contributed by atoms with van der Waals surface area (Å²) >= 11 is 0. The lowest BCUT2D eigenvalue weighted by molar-refractivity contribution is 1.05. The number of benzene rings is 2. The number of hydrazone groups is 2. The summed E-state index contributed by atoms with van der Waals surface area (Å²) in [6, 6.07) is 33.3. The monoisotopic (exact) mass is 620 g/mol. The molecule has 2 N–H and O–H groups in total. The zero-order valence-corrected chi connectivity index (χ0v) is 24.7. The maximum atomic E-state index is 5.13. The van der Waals surface area contributed by atoms with E-state index < -0.39 is 0 Å². The van der Waals surface area contributed by atoms with Crippen molar-refractivity contribution in [2.75, 3.05) is 10.9 Å². The molecule has 2 aromatic carbocycles. The van der Waals surface area contributed by atoms with Crippen LogP contribution in [0.2, 0.25) is 0 Å². The standard InChI is InChI=1S/C32H24N10.2ClH/c1-3-11-23(12-4-1)30-25(21-35-39-27-15-7-9-18-33-27)41-20-17-29-37-31(24-13-5-2-6-14-24)26(42(29)32(41)38-30)22-36-40-28-16-8-10-19-34-28;;/h1-22H,(H,33,39)(H,34,40);2*1H/b35-21+,36-22+;;. The molecule has 0 spiro atoms. The van der Waals surface area contributed by atoms with Crippen LogP contribution < -0.4 is 10.9 Å². The van der Waals surface area contributed by atoms with Gasteiger partial charge in [-0.25, -0.2) is 19.9 Å². The second-order valence-electron chi connectivity index (χ2n) is 9.27. The number of imidazole rings is 2. The molecule has 0 saturated heterocycles. The normalized spacial score (nSPS) is 11.1. The Bertz CT molecular complexity index is 2030. The average Bonchev–Trinajstić information content (AvgIpc) is 3.61. The topological polar surface area (TPSA) is 109 Å². The molecule has 5 aromatic heterocycles. The molecule has 7 rings (SSSR count). The van der Waals surface area contributed by atoms with E-state index in [4.69, 9.17) is 9.97 Å². The molecule has 0 atom stereocenters. The molecule has 0 fully saturated rings. The van der Waals surface area contributed by atoms with Crippen molar-refractivity contribution in [3.05, 3.63) is 133 Å². The van der Waals surface area contributed by atoms with Crippen LogP contribution in [0.3, 0.4) is 0 Å². The van der Waals surface area contributed by atoms with Crippen molar-refractivity contribution in [2.24, 2.45) is 10.2 Å². The Hall–Kier alpha value is -5.58. The Morgan fingerprint density at radius 2 is 1.09 bits per heavy atom. The van der Waals surface area contributed by atoms with Gasteiger partial charge in [-0.1, -0.05) is 72.8 Å². The zero-order chi connectivity index (χ0) is 28.1. The van der Waals surface area contributed by atoms with Crippen molar-refractivity contribution in [1.29, 1.82) is 0 Å². The highest BCUT2D eigenvalue weighted by Gasteiger charge is 2.20. The van der Waals surface area contributed by atoms with Gasteiger partial charge in [-0.05, 0) is 30.3 Å². The van der Waals surface area contributed by atoms with Gasteiger partial charge in [-0.15, -0.1) is 24.8 Å². The molecule has 10 nitrogen and oxygen atoms in total. The van der Waals surface area contributed by atoms with Crippen LogP contribution in [-0.2, 0) is 0 Å². The number of hydrogen-bond acceptors (Lipinski definition) is 8. The molecule has 0 bridgehead atoms. The van der Waals surface area contributed by atoms with Crippen LogP contribution >= 0.6 is 24.8 Å². The highest BCUT2D eigenvalue weighted by molar-refractivity contribution is 5.92. The fraction of sp³-hybridized carbons (Fsp3) is 0. The minimum atomic E-state index is 0. The summed E-state index contributed by atoms with van der Waals surface area (Å²) in [6.07, 6.45) is 8.90. The van der Waals surface area contributed by atoms with E-state index in [9.17, 15) is 0 Å². The number of halogens is 2. The predicted molar refractivity (Wildman–Crippen MR) is 180 cm³/mol. The fourth-order valence-electron chi connectivity index (χ4n) is 4.69. The van der Waals surface area contributed by atoms with Gasteiger partial charge >= 0.3 is 0 Å². The molecule has 44 heavy (non-hydrogen) atoms. The van der Waals surface area contributed by atoms with Gasteiger partial charge in [0.25, 0.3) is 0 Å². The lowest BCUT2D eigenvalue weighted by Gasteiger charge is -2.04. The van der Waals surface area contributed by atoms with Crippen LogP contribution in [0.5, 0.6) is 0 Å². The predicted octanol–water partition coefficient (Wildman–Crippen LogP) is 6.84. The third kappa shape index (κ3) is 5.98. The van der Waals surface area contributed by atoms with Gasteiger partial charge in [0.1, 0.15) is 17.3 Å². The first kappa shape index (κ1) is 29.9. The van der Waals surface area contributed by atoms with E-state index in [0.717, 1.165) is 39.5 Å². The first-order valence-corrected chi connectivity index (χ1v) is 13.3. The molecule has 0 aliphatic rings. The lowest BCUT2D eigenvalue weighted by atomic mass is 10.1. The minimum absolute atomic E-state index is 0. The van der Waals surface area contributed by atoms with Crippen LogP contribution in [0.1, 0.15) is 11.4 Å². The number of nitrogens with zero attached hydrogens (tertiary/aromatic N) is 8. The summed E-state index contributed by atoms with van der Waals surface area (Å²) in [5, 5.41) is 9.01. The van der Waals surface area contributed by atoms with Crippen molar-refractivity contribution in [3.63, 3.8) is 0 Å². The van der Waals surface area contributed by atoms with Gasteiger partial charge in [-0.2, -0.15) is 10.2 Å². The first-order valence-electron chi connectivity index (χ1n) is 13.3. The summed E-state index contributed by atoms with van der Waals surface area (Å²) in [6.45, 7) is 0. The zero-order valence-electron chi connectivity index (χ0n) is 23.1. The molecule has 5 heterocycles. The van der Waals surface area contributed by atoms with Crippen molar-refractivity contribution in [3.8, 4) is 22.5 Å². The van der Waals surface area contributed by atoms with Gasteiger partial charge in [0.2, 0.25) is 5.78 Å². The van der Waals surface area contributed by atoms with E-state index in [-0.39, 0.29) is 24.8 Å². The first-order chi connectivity index (χ1) is 20.8. The largest absolute Gasteiger partial charge is 0.283 e. The highest BCUT2D eigenvalue weighted by atomic mass is 35.5. The van der Waals surface area contributed by atoms with Crippen molar-refractivity contribution < 1.29 is 0 Å². The van der Waals surface area contributed by atoms with Gasteiger partial charge in [0.05, 0.1) is 35.2 Å². The molecule has 218 valence electrons. The Kier molecular flexibility index (Phi) is 9.24. The summed E-state index contributed by atoms with van der Waals surface area (Å²) in [7, 11) is 0. The molecule has 0 unspecified atom stereocenters. The van der Waals surface area contributed by atoms with Gasteiger partial charge in [0, 0.05) is 29.7 Å². The van der Waals surface area contributed by atoms with Crippen molar-refractivity contribution >= 4 is 60.3 Å². The van der Waals surface area contributed by atoms with E-state index in [2.05, 4.69) is 31.0 Å². The Morgan fingerprint density at radius 3 is 1.64 bits per heavy atom. The lowest BCUT2D eigenvalue weighted by Crippen LogP contribution is -2.02.